The van der Waals surface area contributed by atoms with E-state index in [9.17, 15) is 24.0 Å². The highest BCUT2D eigenvalue weighted by Gasteiger charge is 2.45. The van der Waals surface area contributed by atoms with Crippen molar-refractivity contribution in [3.8, 4) is 0 Å². The zero-order valence-electron chi connectivity index (χ0n) is 21.4. The Bertz CT molecular complexity index is 803. The predicted molar refractivity (Wildman–Crippen MR) is 129 cm³/mol. The average molecular weight is 496 g/mol. The number of esters is 1. The summed E-state index contributed by atoms with van der Waals surface area (Å²) in [7, 11) is 0. The van der Waals surface area contributed by atoms with E-state index in [1.165, 1.54) is 4.90 Å². The molecule has 0 aromatic heterocycles. The second-order valence-electron chi connectivity index (χ2n) is 10.4. The van der Waals surface area contributed by atoms with Crippen molar-refractivity contribution >= 4 is 29.6 Å². The molecule has 198 valence electrons. The van der Waals surface area contributed by atoms with Crippen LogP contribution in [-0.4, -0.2) is 77.4 Å². The molecule has 2 rings (SSSR count). The number of Topliss-reactive ketones (excluding diaryl/α,β-unsaturated/α-hetero) is 1. The molecule has 2 atom stereocenters. The van der Waals surface area contributed by atoms with Gasteiger partial charge in [0.15, 0.2) is 0 Å². The summed E-state index contributed by atoms with van der Waals surface area (Å²) < 4.78 is 5.50. The lowest BCUT2D eigenvalue weighted by atomic mass is 9.80. The lowest BCUT2D eigenvalue weighted by molar-refractivity contribution is -0.160. The molecule has 0 spiro atoms. The fourth-order valence-electron chi connectivity index (χ4n) is 4.51. The van der Waals surface area contributed by atoms with Crippen molar-refractivity contribution in [2.45, 2.75) is 102 Å². The van der Waals surface area contributed by atoms with Gasteiger partial charge < -0.3 is 31.3 Å². The third-order valence-corrected chi connectivity index (χ3v) is 6.38. The average Bonchev–Trinajstić information content (AvgIpc) is 2.80. The SMILES string of the molecule is CCCC[C@H](NC(=O)C1(NC(=O)N2CCNCC2C(=O)OC(C)(C)C)CCCCC1)C(=O)C(N)=O. The third kappa shape index (κ3) is 7.91. The number of rotatable bonds is 9. The van der Waals surface area contributed by atoms with E-state index >= 15 is 0 Å². The summed E-state index contributed by atoms with van der Waals surface area (Å²) in [5.74, 6) is -2.98. The predicted octanol–water partition coefficient (Wildman–Crippen LogP) is 0.744. The zero-order chi connectivity index (χ0) is 26.2. The first-order valence-corrected chi connectivity index (χ1v) is 12.6. The van der Waals surface area contributed by atoms with Crippen LogP contribution < -0.4 is 21.7 Å². The first-order valence-electron chi connectivity index (χ1n) is 12.6. The van der Waals surface area contributed by atoms with Crippen LogP contribution in [0.2, 0.25) is 0 Å². The van der Waals surface area contributed by atoms with Crippen LogP contribution in [0.4, 0.5) is 4.79 Å². The topological polar surface area (TPSA) is 160 Å². The summed E-state index contributed by atoms with van der Waals surface area (Å²) in [5.41, 5.74) is 3.24. The molecule has 5 N–H and O–H groups in total. The standard InChI is InChI=1S/C24H41N5O6/c1-5-6-10-16(18(30)19(25)31)27-21(33)24(11-8-7-9-12-24)28-22(34)29-14-13-26-15-17(29)20(32)35-23(2,3)4/h16-17,26H,5-15H2,1-4H3,(H2,25,31)(H,27,33)(H,28,34)/t16-,17?/m0/s1. The van der Waals surface area contributed by atoms with Gasteiger partial charge in [0.05, 0.1) is 6.04 Å². The van der Waals surface area contributed by atoms with E-state index in [2.05, 4.69) is 16.0 Å². The van der Waals surface area contributed by atoms with Crippen molar-refractivity contribution in [3.05, 3.63) is 0 Å². The van der Waals surface area contributed by atoms with Crippen LogP contribution in [0.25, 0.3) is 0 Å². The number of urea groups is 1. The second-order valence-corrected chi connectivity index (χ2v) is 10.4. The number of carbonyl (C=O) groups is 5. The summed E-state index contributed by atoms with van der Waals surface area (Å²) in [6.45, 7) is 8.23. The molecule has 11 nitrogen and oxygen atoms in total. The monoisotopic (exact) mass is 495 g/mol. The number of unbranched alkanes of at least 4 members (excludes halogenated alkanes) is 1. The van der Waals surface area contributed by atoms with E-state index in [1.54, 1.807) is 20.8 Å². The van der Waals surface area contributed by atoms with Crippen LogP contribution in [0.15, 0.2) is 0 Å². The highest BCUT2D eigenvalue weighted by Crippen LogP contribution is 2.29. The zero-order valence-corrected chi connectivity index (χ0v) is 21.4. The minimum absolute atomic E-state index is 0.244. The van der Waals surface area contributed by atoms with Crippen molar-refractivity contribution in [2.75, 3.05) is 19.6 Å². The van der Waals surface area contributed by atoms with E-state index in [0.29, 0.717) is 38.6 Å². The van der Waals surface area contributed by atoms with Gasteiger partial charge in [-0.05, 0) is 40.0 Å². The van der Waals surface area contributed by atoms with Crippen LogP contribution in [-0.2, 0) is 23.9 Å². The third-order valence-electron chi connectivity index (χ3n) is 6.38. The van der Waals surface area contributed by atoms with E-state index in [1.807, 2.05) is 6.92 Å². The number of ether oxygens (including phenoxy) is 1. The Hall–Kier alpha value is -2.69. The number of primary amides is 1. The lowest BCUT2D eigenvalue weighted by Gasteiger charge is -2.41. The molecule has 1 aliphatic carbocycles. The Kier molecular flexibility index (Phi) is 10.1. The number of ketones is 1. The van der Waals surface area contributed by atoms with Crippen molar-refractivity contribution < 1.29 is 28.7 Å². The number of hydrogen-bond donors (Lipinski definition) is 4. The molecule has 1 saturated heterocycles. The minimum Gasteiger partial charge on any atom is -0.458 e. The molecular weight excluding hydrogens is 454 g/mol. The highest BCUT2D eigenvalue weighted by atomic mass is 16.6. The number of amides is 4. The fourth-order valence-corrected chi connectivity index (χ4v) is 4.51. The van der Waals surface area contributed by atoms with Crippen molar-refractivity contribution in [2.24, 2.45) is 5.73 Å². The van der Waals surface area contributed by atoms with Gasteiger partial charge in [-0.3, -0.25) is 14.4 Å². The quantitative estimate of drug-likeness (QED) is 0.271. The van der Waals surface area contributed by atoms with Gasteiger partial charge in [-0.2, -0.15) is 0 Å². The van der Waals surface area contributed by atoms with Crippen LogP contribution in [0, 0.1) is 0 Å². The minimum atomic E-state index is -1.25. The Morgan fingerprint density at radius 1 is 1.14 bits per heavy atom. The van der Waals surface area contributed by atoms with Gasteiger partial charge in [0.1, 0.15) is 17.2 Å². The Balaban J connectivity index is 2.22. The number of carbonyl (C=O) groups excluding carboxylic acids is 5. The molecule has 1 unspecified atom stereocenters. The summed E-state index contributed by atoms with van der Waals surface area (Å²) in [6, 6.07) is -2.41. The van der Waals surface area contributed by atoms with E-state index in [0.717, 1.165) is 12.8 Å². The molecule has 1 saturated carbocycles. The van der Waals surface area contributed by atoms with Gasteiger partial charge in [0.25, 0.3) is 5.91 Å². The van der Waals surface area contributed by atoms with Crippen LogP contribution in [0.1, 0.15) is 79.1 Å². The number of hydrogen-bond acceptors (Lipinski definition) is 7. The molecule has 1 aliphatic heterocycles. The molecule has 0 radical (unpaired) electrons. The number of nitrogens with one attached hydrogen (secondary N) is 3. The van der Waals surface area contributed by atoms with Crippen LogP contribution in [0.3, 0.4) is 0 Å². The Morgan fingerprint density at radius 2 is 1.80 bits per heavy atom. The largest absolute Gasteiger partial charge is 0.458 e. The van der Waals surface area contributed by atoms with E-state index in [-0.39, 0.29) is 19.5 Å². The first-order chi connectivity index (χ1) is 16.4. The maximum Gasteiger partial charge on any atom is 0.330 e. The fraction of sp³-hybridized carbons (Fsp3) is 0.792. The van der Waals surface area contributed by atoms with Gasteiger partial charge in [-0.25, -0.2) is 9.59 Å². The molecule has 11 heteroatoms. The number of piperazine rings is 1. The lowest BCUT2D eigenvalue weighted by Crippen LogP contribution is -2.67. The maximum atomic E-state index is 13.5. The van der Waals surface area contributed by atoms with Gasteiger partial charge in [0.2, 0.25) is 11.7 Å². The summed E-state index contributed by atoms with van der Waals surface area (Å²) in [5, 5.41) is 8.69. The van der Waals surface area contributed by atoms with E-state index < -0.39 is 52.8 Å². The second kappa shape index (κ2) is 12.3. The van der Waals surface area contributed by atoms with Gasteiger partial charge >= 0.3 is 12.0 Å². The first kappa shape index (κ1) is 28.5. The van der Waals surface area contributed by atoms with Crippen LogP contribution in [0.5, 0.6) is 0 Å². The van der Waals surface area contributed by atoms with E-state index in [4.69, 9.17) is 10.5 Å². The summed E-state index contributed by atoms with van der Waals surface area (Å²) in [4.78, 5) is 64.9. The Labute approximate surface area is 207 Å². The molecule has 1 heterocycles. The Morgan fingerprint density at radius 3 is 2.37 bits per heavy atom. The molecule has 0 aromatic carbocycles. The smallest absolute Gasteiger partial charge is 0.330 e. The van der Waals surface area contributed by atoms with Crippen molar-refractivity contribution in [1.82, 2.24) is 20.9 Å². The molecular formula is C24H41N5O6. The summed E-state index contributed by atoms with van der Waals surface area (Å²) in [6.07, 6.45) is 4.81. The van der Waals surface area contributed by atoms with Crippen molar-refractivity contribution in [3.63, 3.8) is 0 Å². The highest BCUT2D eigenvalue weighted by molar-refractivity contribution is 6.37. The van der Waals surface area contributed by atoms with Gasteiger partial charge in [0, 0.05) is 19.6 Å². The van der Waals surface area contributed by atoms with Crippen LogP contribution >= 0.6 is 0 Å². The van der Waals surface area contributed by atoms with Gasteiger partial charge in [-0.1, -0.05) is 39.0 Å². The maximum absolute atomic E-state index is 13.5. The molecule has 2 aliphatic rings. The molecule has 0 bridgehead atoms. The van der Waals surface area contributed by atoms with Crippen molar-refractivity contribution in [1.29, 1.82) is 0 Å². The molecule has 35 heavy (non-hydrogen) atoms. The number of nitrogens with zero attached hydrogens (tertiary/aromatic N) is 1. The molecule has 2 fully saturated rings. The molecule has 0 aromatic rings. The number of nitrogens with two attached hydrogens (primary N) is 1. The van der Waals surface area contributed by atoms with Gasteiger partial charge in [-0.15, -0.1) is 0 Å². The molecule has 4 amide bonds. The summed E-state index contributed by atoms with van der Waals surface area (Å²) >= 11 is 0. The normalized spacial score (nSPS) is 20.9.